The normalized spacial score (nSPS) is 17.4. The minimum absolute atomic E-state index is 0.146. The highest BCUT2D eigenvalue weighted by Crippen LogP contribution is 2.39. The van der Waals surface area contributed by atoms with Crippen LogP contribution in [0, 0.1) is 29.1 Å². The van der Waals surface area contributed by atoms with Gasteiger partial charge in [0.2, 0.25) is 0 Å². The van der Waals surface area contributed by atoms with Gasteiger partial charge in [0.25, 0.3) is 0 Å². The van der Waals surface area contributed by atoms with Gasteiger partial charge in [-0.2, -0.15) is 8.78 Å². The molecule has 3 aromatic rings. The lowest BCUT2D eigenvalue weighted by molar-refractivity contribution is -0.189. The predicted octanol–water partition coefficient (Wildman–Crippen LogP) is 5.96. The third kappa shape index (κ3) is 4.00. The summed E-state index contributed by atoms with van der Waals surface area (Å²) in [5.41, 5.74) is -3.47. The van der Waals surface area contributed by atoms with Gasteiger partial charge in [-0.1, -0.05) is 0 Å². The number of ether oxygens (including phenoxy) is 1. The minimum atomic E-state index is -4.51. The van der Waals surface area contributed by atoms with Crippen molar-refractivity contribution in [3.63, 3.8) is 0 Å². The molecular weight excluding hydrogens is 468 g/mol. The Kier molecular flexibility index (Phi) is 5.64. The predicted molar refractivity (Wildman–Crippen MR) is 110 cm³/mol. The Hall–Kier alpha value is -2.79. The van der Waals surface area contributed by atoms with E-state index in [9.17, 15) is 30.7 Å². The molecule has 0 aliphatic carbocycles. The van der Waals surface area contributed by atoms with Crippen molar-refractivity contribution in [3.8, 4) is 5.75 Å². The van der Waals surface area contributed by atoms with Gasteiger partial charge in [0.1, 0.15) is 22.9 Å². The first kappa shape index (κ1) is 24.3. The van der Waals surface area contributed by atoms with Crippen molar-refractivity contribution in [3.05, 3.63) is 71.0 Å². The molecule has 0 bridgehead atoms. The van der Waals surface area contributed by atoms with E-state index in [0.29, 0.717) is 18.2 Å². The largest absolute Gasteiger partial charge is 0.495 e. The van der Waals surface area contributed by atoms with Gasteiger partial charge in [-0.3, -0.25) is 0 Å². The Bertz CT molecular complexity index is 1250. The maximum Gasteiger partial charge on any atom is 0.495 e. The van der Waals surface area contributed by atoms with E-state index in [2.05, 4.69) is 4.74 Å². The number of fused-ring (bicyclic) bond motifs is 1. The van der Waals surface area contributed by atoms with E-state index in [4.69, 9.17) is 9.31 Å². The van der Waals surface area contributed by atoms with Crippen molar-refractivity contribution in [1.29, 1.82) is 0 Å². The van der Waals surface area contributed by atoms with Crippen LogP contribution in [0.4, 0.5) is 30.7 Å². The van der Waals surface area contributed by atoms with Crippen molar-refractivity contribution < 1.29 is 44.8 Å². The Morgan fingerprint density at radius 1 is 0.765 bits per heavy atom. The number of benzene rings is 3. The van der Waals surface area contributed by atoms with Gasteiger partial charge < -0.3 is 14.0 Å². The van der Waals surface area contributed by atoms with Crippen LogP contribution in [0.5, 0.6) is 5.75 Å². The summed E-state index contributed by atoms with van der Waals surface area (Å²) < 4.78 is 115. The Morgan fingerprint density at radius 3 is 1.88 bits per heavy atom. The highest BCUT2D eigenvalue weighted by Gasteiger charge is 2.52. The van der Waals surface area contributed by atoms with Crippen LogP contribution in [0.15, 0.2) is 36.4 Å². The molecule has 1 aliphatic rings. The molecule has 1 heterocycles. The summed E-state index contributed by atoms with van der Waals surface area (Å²) in [7, 11) is -1.19. The van der Waals surface area contributed by atoms with Crippen molar-refractivity contribution in [2.75, 3.05) is 0 Å². The third-order valence-corrected chi connectivity index (χ3v) is 6.07. The molecule has 34 heavy (non-hydrogen) atoms. The third-order valence-electron chi connectivity index (χ3n) is 6.07. The van der Waals surface area contributed by atoms with Crippen molar-refractivity contribution in [2.24, 2.45) is 0 Å². The van der Waals surface area contributed by atoms with Gasteiger partial charge in [-0.15, -0.1) is 0 Å². The molecule has 0 aromatic heterocycles. The van der Waals surface area contributed by atoms with Gasteiger partial charge in [-0.05, 0) is 74.9 Å². The molecule has 1 aliphatic heterocycles. The van der Waals surface area contributed by atoms with E-state index in [0.717, 1.165) is 18.2 Å². The molecule has 1 saturated heterocycles. The van der Waals surface area contributed by atoms with Crippen LogP contribution in [0.2, 0.25) is 0 Å². The summed E-state index contributed by atoms with van der Waals surface area (Å²) in [4.78, 5) is 0. The van der Waals surface area contributed by atoms with Crippen LogP contribution < -0.4 is 10.2 Å². The van der Waals surface area contributed by atoms with Gasteiger partial charge in [0.15, 0.2) is 17.5 Å². The van der Waals surface area contributed by atoms with Crippen LogP contribution in [-0.2, 0) is 15.4 Å². The van der Waals surface area contributed by atoms with Crippen LogP contribution in [0.1, 0.15) is 33.3 Å². The monoisotopic (exact) mass is 486 g/mol. The Balaban J connectivity index is 1.66. The number of hydrogen-bond acceptors (Lipinski definition) is 3. The van der Waals surface area contributed by atoms with Crippen LogP contribution in [-0.4, -0.2) is 18.3 Å². The van der Waals surface area contributed by atoms with E-state index in [1.54, 1.807) is 27.7 Å². The maximum absolute atomic E-state index is 14.8. The molecular formula is C23H18BF7O3. The zero-order valence-electron chi connectivity index (χ0n) is 18.4. The Morgan fingerprint density at radius 2 is 1.32 bits per heavy atom. The summed E-state index contributed by atoms with van der Waals surface area (Å²) in [6.07, 6.45) is -4.51. The number of halogens is 7. The number of rotatable bonds is 4. The number of hydrogen-bond donors (Lipinski definition) is 0. The van der Waals surface area contributed by atoms with E-state index in [1.165, 1.54) is 0 Å². The second kappa shape index (κ2) is 7.88. The lowest BCUT2D eigenvalue weighted by Gasteiger charge is -2.32. The van der Waals surface area contributed by atoms with Crippen LogP contribution in [0.3, 0.4) is 0 Å². The summed E-state index contributed by atoms with van der Waals surface area (Å²) in [5.74, 6) is -8.66. The summed E-state index contributed by atoms with van der Waals surface area (Å²) in [5, 5.41) is -0.680. The van der Waals surface area contributed by atoms with Crippen molar-refractivity contribution in [1.82, 2.24) is 0 Å². The summed E-state index contributed by atoms with van der Waals surface area (Å²) in [6.45, 7) is 6.86. The molecule has 0 amide bonds. The molecule has 0 atom stereocenters. The molecule has 0 radical (unpaired) electrons. The molecule has 180 valence electrons. The molecule has 0 unspecified atom stereocenters. The fourth-order valence-electron chi connectivity index (χ4n) is 3.53. The maximum atomic E-state index is 14.8. The van der Waals surface area contributed by atoms with E-state index >= 15 is 0 Å². The summed E-state index contributed by atoms with van der Waals surface area (Å²) in [6, 6.07) is 4.41. The first-order valence-corrected chi connectivity index (χ1v) is 10.1. The minimum Gasteiger partial charge on any atom is -0.429 e. The van der Waals surface area contributed by atoms with Gasteiger partial charge >= 0.3 is 13.2 Å². The average Bonchev–Trinajstić information content (AvgIpc) is 2.92. The average molecular weight is 486 g/mol. The van der Waals surface area contributed by atoms with Gasteiger partial charge in [-0.25, -0.2) is 22.0 Å². The van der Waals surface area contributed by atoms with Crippen molar-refractivity contribution in [2.45, 2.75) is 45.0 Å². The van der Waals surface area contributed by atoms with Gasteiger partial charge in [0.05, 0.1) is 11.2 Å². The molecule has 0 saturated carbocycles. The Labute approximate surface area is 190 Å². The fourth-order valence-corrected chi connectivity index (χ4v) is 3.53. The smallest absolute Gasteiger partial charge is 0.429 e. The molecule has 1 fully saturated rings. The molecule has 11 heteroatoms. The highest BCUT2D eigenvalue weighted by molar-refractivity contribution is 6.62. The zero-order chi connectivity index (χ0) is 25.2. The molecule has 4 rings (SSSR count). The van der Waals surface area contributed by atoms with Gasteiger partial charge in [0, 0.05) is 5.39 Å². The van der Waals surface area contributed by atoms with E-state index in [-0.39, 0.29) is 10.8 Å². The van der Waals surface area contributed by atoms with E-state index < -0.39 is 70.2 Å². The zero-order valence-corrected chi connectivity index (χ0v) is 18.4. The topological polar surface area (TPSA) is 27.7 Å². The highest BCUT2D eigenvalue weighted by atomic mass is 19.3. The van der Waals surface area contributed by atoms with E-state index in [1.807, 2.05) is 0 Å². The van der Waals surface area contributed by atoms with Crippen LogP contribution >= 0.6 is 0 Å². The first-order chi connectivity index (χ1) is 15.6. The molecule has 3 aromatic carbocycles. The molecule has 0 spiro atoms. The first-order valence-electron chi connectivity index (χ1n) is 10.1. The van der Waals surface area contributed by atoms with Crippen LogP contribution in [0.25, 0.3) is 10.8 Å². The fraction of sp³-hybridized carbons (Fsp3) is 0.304. The molecule has 3 nitrogen and oxygen atoms in total. The van der Waals surface area contributed by atoms with Crippen molar-refractivity contribution >= 4 is 23.4 Å². The number of alkyl halides is 2. The molecule has 0 N–H and O–H groups in total. The lowest BCUT2D eigenvalue weighted by atomic mass is 9.78. The lowest BCUT2D eigenvalue weighted by Crippen LogP contribution is -2.41. The SMILES string of the molecule is CC1(C)OB(c2cc(F)c(C(F)(F)Oc3ccc4c(F)c(F)c(F)cc4c3)c(F)c2)OC1(C)C. The summed E-state index contributed by atoms with van der Waals surface area (Å²) >= 11 is 0. The standard InChI is InChI=1S/C23H18BF7O3/c1-21(2)22(3,4)34-24(33-21)12-9-15(25)18(16(26)10-12)23(30,31)32-13-5-6-14-11(7-13)8-17(27)20(29)19(14)28/h5-10H,1-4H3. The quantitative estimate of drug-likeness (QED) is 0.259. The second-order valence-electron chi connectivity index (χ2n) is 8.94. The second-order valence-corrected chi connectivity index (χ2v) is 8.94.